The summed E-state index contributed by atoms with van der Waals surface area (Å²) in [6.45, 7) is 5.96. The number of hydrogen-bond donors (Lipinski definition) is 1. The number of carbonyl (C=O) groups excluding carboxylic acids is 2. The minimum atomic E-state index is -5.21. The third-order valence-electron chi connectivity index (χ3n) is 4.04. The summed E-state index contributed by atoms with van der Waals surface area (Å²) in [5.74, 6) is -16.4. The van der Waals surface area contributed by atoms with Crippen molar-refractivity contribution >= 4 is 19.7 Å². The van der Waals surface area contributed by atoms with Crippen LogP contribution < -0.4 is 14.1 Å². The molecule has 0 aliphatic carbocycles. The molecule has 0 saturated heterocycles. The van der Waals surface area contributed by atoms with Gasteiger partial charge in [-0.15, -0.1) is 0 Å². The van der Waals surface area contributed by atoms with Gasteiger partial charge < -0.3 is 18.5 Å². The molecule has 0 saturated carbocycles. The highest BCUT2D eigenvalue weighted by atomic mass is 31.2. The summed E-state index contributed by atoms with van der Waals surface area (Å²) in [4.78, 5) is 24.8. The van der Waals surface area contributed by atoms with Crippen LogP contribution >= 0.6 is 7.75 Å². The third kappa shape index (κ3) is 7.66. The van der Waals surface area contributed by atoms with Crippen molar-refractivity contribution in [3.05, 3.63) is 59.4 Å². The highest BCUT2D eigenvalue weighted by molar-refractivity contribution is 7.52. The summed E-state index contributed by atoms with van der Waals surface area (Å²) in [6, 6.07) is 4.95. The Hall–Kier alpha value is -3.18. The van der Waals surface area contributed by atoms with Gasteiger partial charge in [0, 0.05) is 0 Å². The Morgan fingerprint density at radius 3 is 1.81 bits per heavy atom. The van der Waals surface area contributed by atoms with Crippen LogP contribution in [0.25, 0.3) is 0 Å². The molecule has 2 rings (SSSR count). The zero-order chi connectivity index (χ0) is 27.2. The summed E-state index contributed by atoms with van der Waals surface area (Å²) >= 11 is 0. The fraction of sp³-hybridized carbons (Fsp3) is 0.364. The highest BCUT2D eigenvalue weighted by Gasteiger charge is 2.40. The van der Waals surface area contributed by atoms with E-state index in [1.807, 2.05) is 5.09 Å². The lowest BCUT2D eigenvalue weighted by molar-refractivity contribution is -0.156. The first-order valence-corrected chi connectivity index (χ1v) is 12.0. The van der Waals surface area contributed by atoms with Crippen molar-refractivity contribution in [2.24, 2.45) is 0 Å². The Balaban J connectivity index is 2.54. The number of esters is 2. The summed E-state index contributed by atoms with van der Waals surface area (Å²) in [6.07, 6.45) is -2.13. The SMILES string of the molecule is CC(C)OC(=O)C[C@H](NP(=O)(Oc1ccccc1)Oc1c(F)c(F)c(F)c(F)c1F)C(=O)OC(C)C. The van der Waals surface area contributed by atoms with Crippen molar-refractivity contribution in [3.63, 3.8) is 0 Å². The molecule has 0 aliphatic rings. The molecule has 1 N–H and O–H groups in total. The maximum absolute atomic E-state index is 14.3. The Bertz CT molecular complexity index is 1120. The summed E-state index contributed by atoms with van der Waals surface area (Å²) < 4.78 is 103. The van der Waals surface area contributed by atoms with Crippen molar-refractivity contribution in [2.45, 2.75) is 52.4 Å². The van der Waals surface area contributed by atoms with Crippen LogP contribution in [-0.2, 0) is 23.6 Å². The summed E-state index contributed by atoms with van der Waals surface area (Å²) in [5, 5.41) is 2.01. The molecule has 198 valence electrons. The van der Waals surface area contributed by atoms with E-state index in [0.29, 0.717) is 0 Å². The molecule has 0 heterocycles. The lowest BCUT2D eigenvalue weighted by Gasteiger charge is -2.25. The molecule has 0 aromatic heterocycles. The smallest absolute Gasteiger partial charge is 0.463 e. The van der Waals surface area contributed by atoms with Crippen molar-refractivity contribution in [3.8, 4) is 11.5 Å². The third-order valence-corrected chi connectivity index (χ3v) is 5.54. The van der Waals surface area contributed by atoms with E-state index in [2.05, 4.69) is 0 Å². The van der Waals surface area contributed by atoms with Crippen LogP contribution in [0, 0.1) is 29.1 Å². The van der Waals surface area contributed by atoms with E-state index in [9.17, 15) is 36.1 Å². The predicted molar refractivity (Wildman–Crippen MR) is 116 cm³/mol. The molecule has 0 fully saturated rings. The summed E-state index contributed by atoms with van der Waals surface area (Å²) in [5.41, 5.74) is 0. The molecule has 0 bridgehead atoms. The minimum Gasteiger partial charge on any atom is -0.463 e. The molecule has 36 heavy (non-hydrogen) atoms. The number of ether oxygens (including phenoxy) is 2. The average Bonchev–Trinajstić information content (AvgIpc) is 2.78. The fourth-order valence-corrected chi connectivity index (χ4v) is 4.16. The van der Waals surface area contributed by atoms with Gasteiger partial charge in [0.25, 0.3) is 0 Å². The van der Waals surface area contributed by atoms with Gasteiger partial charge in [0.05, 0.1) is 18.6 Å². The fourth-order valence-electron chi connectivity index (χ4n) is 2.64. The molecule has 8 nitrogen and oxygen atoms in total. The number of carbonyl (C=O) groups is 2. The number of rotatable bonds is 11. The molecule has 1 unspecified atom stereocenters. The van der Waals surface area contributed by atoms with E-state index in [0.717, 1.165) is 0 Å². The number of halogens is 5. The Morgan fingerprint density at radius 2 is 1.31 bits per heavy atom. The lowest BCUT2D eigenvalue weighted by atomic mass is 10.2. The zero-order valence-electron chi connectivity index (χ0n) is 19.5. The van der Waals surface area contributed by atoms with Gasteiger partial charge in [0.15, 0.2) is 0 Å². The molecule has 14 heteroatoms. The van der Waals surface area contributed by atoms with Gasteiger partial charge in [-0.05, 0) is 39.8 Å². The van der Waals surface area contributed by atoms with Gasteiger partial charge in [-0.2, -0.15) is 13.9 Å². The normalized spacial score (nSPS) is 13.8. The predicted octanol–water partition coefficient (Wildman–Crippen LogP) is 5.20. The maximum Gasteiger partial charge on any atom is 0.513 e. The second-order valence-electron chi connectivity index (χ2n) is 7.80. The van der Waals surface area contributed by atoms with Crippen LogP contribution in [0.5, 0.6) is 11.5 Å². The van der Waals surface area contributed by atoms with E-state index in [-0.39, 0.29) is 5.75 Å². The molecule has 0 amide bonds. The molecule has 2 aromatic carbocycles. The van der Waals surface area contributed by atoms with Gasteiger partial charge >= 0.3 is 19.7 Å². The van der Waals surface area contributed by atoms with E-state index < -0.39 is 79.2 Å². The first-order chi connectivity index (χ1) is 16.7. The van der Waals surface area contributed by atoms with Crippen LogP contribution in [0.2, 0.25) is 0 Å². The van der Waals surface area contributed by atoms with E-state index in [1.165, 1.54) is 58.0 Å². The van der Waals surface area contributed by atoms with Crippen molar-refractivity contribution in [1.82, 2.24) is 5.09 Å². The minimum absolute atomic E-state index is 0.238. The Morgan fingerprint density at radius 1 is 0.806 bits per heavy atom. The monoisotopic (exact) mass is 539 g/mol. The standard InChI is InChI=1S/C22H23F5NO7P/c1-11(2)32-15(29)10-14(22(30)33-12(3)4)28-36(31,34-13-8-6-5-7-9-13)35-21-19(26)17(24)16(23)18(25)20(21)27/h5-9,11-12,14H,10H2,1-4H3,(H,28,31)/t14-,36?/m0/s1. The molecule has 0 spiro atoms. The Kier molecular flexibility index (Phi) is 9.83. The van der Waals surface area contributed by atoms with E-state index in [4.69, 9.17) is 18.5 Å². The quantitative estimate of drug-likeness (QED) is 0.137. The molecule has 2 atom stereocenters. The number of hydrogen-bond acceptors (Lipinski definition) is 7. The maximum atomic E-state index is 14.3. The highest BCUT2D eigenvalue weighted by Crippen LogP contribution is 2.48. The summed E-state index contributed by atoms with van der Waals surface area (Å²) in [7, 11) is -5.21. The number of benzene rings is 2. The van der Waals surface area contributed by atoms with E-state index >= 15 is 0 Å². The molecule has 2 aromatic rings. The van der Waals surface area contributed by atoms with E-state index in [1.54, 1.807) is 0 Å². The topological polar surface area (TPSA) is 100 Å². The first-order valence-electron chi connectivity index (χ1n) is 10.5. The first kappa shape index (κ1) is 29.1. The Labute approximate surface area is 203 Å². The van der Waals surface area contributed by atoms with Crippen molar-refractivity contribution < 1.29 is 54.6 Å². The van der Waals surface area contributed by atoms with Gasteiger partial charge in [0.1, 0.15) is 11.8 Å². The second kappa shape index (κ2) is 12.2. The second-order valence-corrected chi connectivity index (χ2v) is 9.42. The molecular weight excluding hydrogens is 516 g/mol. The van der Waals surface area contributed by atoms with Gasteiger partial charge in [0.2, 0.25) is 34.8 Å². The van der Waals surface area contributed by atoms with Crippen LogP contribution in [0.3, 0.4) is 0 Å². The molecule has 0 aliphatic heterocycles. The van der Waals surface area contributed by atoms with Crippen LogP contribution in [0.15, 0.2) is 30.3 Å². The van der Waals surface area contributed by atoms with Crippen molar-refractivity contribution in [1.29, 1.82) is 0 Å². The van der Waals surface area contributed by atoms with Crippen LogP contribution in [0.1, 0.15) is 34.1 Å². The number of para-hydroxylation sites is 1. The largest absolute Gasteiger partial charge is 0.513 e. The van der Waals surface area contributed by atoms with Gasteiger partial charge in [-0.3, -0.25) is 9.59 Å². The lowest BCUT2D eigenvalue weighted by Crippen LogP contribution is -2.41. The van der Waals surface area contributed by atoms with Gasteiger partial charge in [-0.1, -0.05) is 18.2 Å². The number of nitrogens with one attached hydrogen (secondary N) is 1. The zero-order valence-corrected chi connectivity index (χ0v) is 20.4. The van der Waals surface area contributed by atoms with Crippen LogP contribution in [-0.4, -0.2) is 30.2 Å². The average molecular weight is 539 g/mol. The molecule has 0 radical (unpaired) electrons. The van der Waals surface area contributed by atoms with Gasteiger partial charge in [-0.25, -0.2) is 17.7 Å². The van der Waals surface area contributed by atoms with Crippen LogP contribution in [0.4, 0.5) is 22.0 Å². The van der Waals surface area contributed by atoms with Crippen molar-refractivity contribution in [2.75, 3.05) is 0 Å². The molecular formula is C22H23F5NO7P.